The summed E-state index contributed by atoms with van der Waals surface area (Å²) in [6.45, 7) is 3.47. The molecule has 2 aromatic rings. The topological polar surface area (TPSA) is 4.93 Å². The molecule has 1 aromatic heterocycles. The first-order valence-corrected chi connectivity index (χ1v) is 11.0. The second kappa shape index (κ2) is 13.0. The quantitative estimate of drug-likeness (QED) is 0.288. The van der Waals surface area contributed by atoms with Gasteiger partial charge in [0.15, 0.2) is 0 Å². The van der Waals surface area contributed by atoms with E-state index in [-0.39, 0.29) is 0 Å². The molecule has 0 amide bonds. The summed E-state index contributed by atoms with van der Waals surface area (Å²) in [5.41, 5.74) is 1.39. The van der Waals surface area contributed by atoms with Crippen LogP contribution < -0.4 is 0 Å². The van der Waals surface area contributed by atoms with Gasteiger partial charge in [-0.3, -0.25) is 0 Å². The van der Waals surface area contributed by atoms with Crippen LogP contribution in [-0.2, 0) is 6.54 Å². The van der Waals surface area contributed by atoms with Gasteiger partial charge in [-0.15, -0.1) is 0 Å². The number of unbranched alkanes of at least 4 members (excludes halogenated alkanes) is 13. The van der Waals surface area contributed by atoms with Crippen molar-refractivity contribution in [3.8, 4) is 0 Å². The zero-order chi connectivity index (χ0) is 17.6. The van der Waals surface area contributed by atoms with Crippen LogP contribution in [0.3, 0.4) is 0 Å². The molecule has 0 unspecified atom stereocenters. The molecule has 0 N–H and O–H groups in total. The smallest absolute Gasteiger partial charge is 0.0480 e. The summed E-state index contributed by atoms with van der Waals surface area (Å²) >= 11 is 0. The molecule has 0 bridgehead atoms. The van der Waals surface area contributed by atoms with E-state index in [0.29, 0.717) is 0 Å². The predicted molar refractivity (Wildman–Crippen MR) is 112 cm³/mol. The number of aryl methyl sites for hydroxylation is 1. The Balaban J connectivity index is 1.38. The third-order valence-corrected chi connectivity index (χ3v) is 5.43. The van der Waals surface area contributed by atoms with E-state index in [9.17, 15) is 0 Å². The van der Waals surface area contributed by atoms with E-state index in [1.807, 2.05) is 0 Å². The van der Waals surface area contributed by atoms with Gasteiger partial charge in [0.2, 0.25) is 0 Å². The Morgan fingerprint density at radius 2 is 1.12 bits per heavy atom. The molecule has 0 atom stereocenters. The molecule has 0 aliphatic carbocycles. The Bertz CT molecular complexity index is 554. The lowest BCUT2D eigenvalue weighted by atomic mass is 10.0. The van der Waals surface area contributed by atoms with Crippen LogP contribution in [0.1, 0.15) is 96.8 Å². The Labute approximate surface area is 155 Å². The molecule has 1 heterocycles. The highest BCUT2D eigenvalue weighted by atomic mass is 14.9. The Hall–Kier alpha value is -1.24. The average molecular weight is 342 g/mol. The number of aromatic nitrogens is 1. The molecule has 0 fully saturated rings. The first-order valence-electron chi connectivity index (χ1n) is 11.0. The fraction of sp³-hybridized carbons (Fsp3) is 0.667. The van der Waals surface area contributed by atoms with Gasteiger partial charge in [-0.1, -0.05) is 109 Å². The van der Waals surface area contributed by atoms with Gasteiger partial charge in [0.1, 0.15) is 0 Å². The fourth-order valence-electron chi connectivity index (χ4n) is 3.81. The third-order valence-electron chi connectivity index (χ3n) is 5.43. The molecule has 1 heteroatoms. The van der Waals surface area contributed by atoms with Gasteiger partial charge in [-0.05, 0) is 23.9 Å². The molecule has 1 nitrogen and oxygen atoms in total. The number of fused-ring (bicyclic) bond motifs is 1. The van der Waals surface area contributed by atoms with Crippen LogP contribution in [0.15, 0.2) is 36.5 Å². The number of para-hydroxylation sites is 1. The van der Waals surface area contributed by atoms with Gasteiger partial charge in [0.25, 0.3) is 0 Å². The minimum absolute atomic E-state index is 1.17. The van der Waals surface area contributed by atoms with Crippen LogP contribution >= 0.6 is 0 Å². The number of hydrogen-bond donors (Lipinski definition) is 0. The second-order valence-electron chi connectivity index (χ2n) is 7.66. The first-order chi connectivity index (χ1) is 12.4. The van der Waals surface area contributed by atoms with Crippen molar-refractivity contribution >= 4 is 10.9 Å². The molecule has 2 rings (SSSR count). The third kappa shape index (κ3) is 8.12. The molecular weight excluding hydrogens is 302 g/mol. The zero-order valence-electron chi connectivity index (χ0n) is 16.5. The summed E-state index contributed by atoms with van der Waals surface area (Å²) in [5, 5.41) is 1.37. The summed E-state index contributed by atoms with van der Waals surface area (Å²) < 4.78 is 2.41. The first kappa shape index (κ1) is 20.1. The summed E-state index contributed by atoms with van der Waals surface area (Å²) in [4.78, 5) is 0. The molecule has 0 saturated heterocycles. The monoisotopic (exact) mass is 341 g/mol. The predicted octanol–water partition coefficient (Wildman–Crippen LogP) is 8.12. The van der Waals surface area contributed by atoms with E-state index in [1.165, 1.54) is 107 Å². The maximum atomic E-state index is 2.41. The zero-order valence-corrected chi connectivity index (χ0v) is 16.5. The van der Waals surface area contributed by atoms with E-state index in [4.69, 9.17) is 0 Å². The highest BCUT2D eigenvalue weighted by molar-refractivity contribution is 5.79. The van der Waals surface area contributed by atoms with Gasteiger partial charge in [0.05, 0.1) is 0 Å². The normalized spacial score (nSPS) is 11.4. The van der Waals surface area contributed by atoms with Crippen molar-refractivity contribution < 1.29 is 0 Å². The molecule has 0 saturated carbocycles. The summed E-state index contributed by atoms with van der Waals surface area (Å²) in [6, 6.07) is 10.9. The minimum atomic E-state index is 1.17. The van der Waals surface area contributed by atoms with E-state index >= 15 is 0 Å². The highest BCUT2D eigenvalue weighted by Crippen LogP contribution is 2.17. The fourth-order valence-corrected chi connectivity index (χ4v) is 3.81. The molecular formula is C24H39N. The lowest BCUT2D eigenvalue weighted by Crippen LogP contribution is -1.95. The molecule has 0 spiro atoms. The van der Waals surface area contributed by atoms with E-state index < -0.39 is 0 Å². The van der Waals surface area contributed by atoms with Crippen molar-refractivity contribution in [2.24, 2.45) is 0 Å². The van der Waals surface area contributed by atoms with Gasteiger partial charge >= 0.3 is 0 Å². The maximum Gasteiger partial charge on any atom is 0.0480 e. The molecule has 1 aromatic carbocycles. The van der Waals surface area contributed by atoms with Gasteiger partial charge < -0.3 is 4.57 Å². The number of hydrogen-bond acceptors (Lipinski definition) is 0. The van der Waals surface area contributed by atoms with Crippen LogP contribution in [-0.4, -0.2) is 4.57 Å². The van der Waals surface area contributed by atoms with Crippen molar-refractivity contribution in [2.45, 2.75) is 103 Å². The average Bonchev–Trinajstić information content (AvgIpc) is 3.05. The van der Waals surface area contributed by atoms with Crippen molar-refractivity contribution in [3.63, 3.8) is 0 Å². The summed E-state index contributed by atoms with van der Waals surface area (Å²) in [6.07, 6.45) is 22.3. The standard InChI is InChI=1S/C24H39N/c1-2-3-4-5-6-7-8-9-10-11-12-13-14-17-21-25-22-20-23-18-15-16-19-24(23)25/h15-16,18-20,22H,2-14,17,21H2,1H3. The summed E-state index contributed by atoms with van der Waals surface area (Å²) in [7, 11) is 0. The lowest BCUT2D eigenvalue weighted by Gasteiger charge is -2.06. The van der Waals surface area contributed by atoms with Crippen LogP contribution in [0.2, 0.25) is 0 Å². The van der Waals surface area contributed by atoms with Gasteiger partial charge in [0, 0.05) is 18.3 Å². The Morgan fingerprint density at radius 3 is 1.72 bits per heavy atom. The SMILES string of the molecule is CCCCCCCCCCCCCCCCn1ccc2ccccc21. The lowest BCUT2D eigenvalue weighted by molar-refractivity contribution is 0.526. The van der Waals surface area contributed by atoms with E-state index in [1.54, 1.807) is 0 Å². The van der Waals surface area contributed by atoms with Gasteiger partial charge in [-0.25, -0.2) is 0 Å². The number of benzene rings is 1. The van der Waals surface area contributed by atoms with Crippen LogP contribution in [0.5, 0.6) is 0 Å². The number of nitrogens with zero attached hydrogens (tertiary/aromatic N) is 1. The van der Waals surface area contributed by atoms with Crippen molar-refractivity contribution in [1.82, 2.24) is 4.57 Å². The van der Waals surface area contributed by atoms with Crippen molar-refractivity contribution in [1.29, 1.82) is 0 Å². The molecule has 25 heavy (non-hydrogen) atoms. The maximum absolute atomic E-state index is 2.41. The van der Waals surface area contributed by atoms with E-state index in [0.717, 1.165) is 0 Å². The molecule has 0 aliphatic heterocycles. The number of rotatable bonds is 15. The molecule has 140 valence electrons. The highest BCUT2D eigenvalue weighted by Gasteiger charge is 1.99. The second-order valence-corrected chi connectivity index (χ2v) is 7.66. The van der Waals surface area contributed by atoms with E-state index in [2.05, 4.69) is 48.0 Å². The van der Waals surface area contributed by atoms with Crippen LogP contribution in [0, 0.1) is 0 Å². The Morgan fingerprint density at radius 1 is 0.600 bits per heavy atom. The molecule has 0 radical (unpaired) electrons. The Kier molecular flexibility index (Phi) is 10.5. The largest absolute Gasteiger partial charge is 0.347 e. The molecule has 0 aliphatic rings. The minimum Gasteiger partial charge on any atom is -0.347 e. The van der Waals surface area contributed by atoms with Crippen molar-refractivity contribution in [3.05, 3.63) is 36.5 Å². The van der Waals surface area contributed by atoms with Gasteiger partial charge in [-0.2, -0.15) is 0 Å². The summed E-state index contributed by atoms with van der Waals surface area (Å²) in [5.74, 6) is 0. The van der Waals surface area contributed by atoms with Crippen LogP contribution in [0.25, 0.3) is 10.9 Å². The van der Waals surface area contributed by atoms with Crippen molar-refractivity contribution in [2.75, 3.05) is 0 Å². The van der Waals surface area contributed by atoms with Crippen LogP contribution in [0.4, 0.5) is 0 Å².